The minimum absolute atomic E-state index is 0.156. The summed E-state index contributed by atoms with van der Waals surface area (Å²) in [7, 11) is 0. The van der Waals surface area contributed by atoms with E-state index >= 15 is 0 Å². The number of hydrogen-bond donors (Lipinski definition) is 2. The highest BCUT2D eigenvalue weighted by Gasteiger charge is 2.36. The van der Waals surface area contributed by atoms with E-state index in [1.807, 2.05) is 23.9 Å². The monoisotopic (exact) mass is 387 g/mol. The van der Waals surface area contributed by atoms with Gasteiger partial charge in [-0.05, 0) is 35.2 Å². The summed E-state index contributed by atoms with van der Waals surface area (Å²) in [6.45, 7) is 0.940. The van der Waals surface area contributed by atoms with Crippen molar-refractivity contribution < 1.29 is 4.42 Å². The first-order valence-corrected chi connectivity index (χ1v) is 10.5. The molecule has 4 nitrogen and oxygen atoms in total. The Bertz CT molecular complexity index is 1070. The van der Waals surface area contributed by atoms with Crippen LogP contribution in [0.1, 0.15) is 17.9 Å². The fourth-order valence-corrected chi connectivity index (χ4v) is 4.84. The molecule has 1 saturated heterocycles. The molecule has 1 unspecified atom stereocenters. The largest absolute Gasteiger partial charge is 0.440 e. The van der Waals surface area contributed by atoms with Gasteiger partial charge in [0.1, 0.15) is 10.4 Å². The van der Waals surface area contributed by atoms with Crippen LogP contribution in [0.5, 0.6) is 0 Å². The maximum atomic E-state index is 6.02. The molecule has 1 aromatic heterocycles. The number of nitrogens with one attached hydrogen (secondary N) is 2. The van der Waals surface area contributed by atoms with Crippen LogP contribution in [-0.2, 0) is 10.6 Å². The number of oxazole rings is 1. The fraction of sp³-hybridized carbons (Fsp3) is 0.174. The van der Waals surface area contributed by atoms with Crippen LogP contribution >= 0.6 is 11.8 Å². The Kier molecular flexibility index (Phi) is 4.64. The molecule has 5 rings (SSSR count). The summed E-state index contributed by atoms with van der Waals surface area (Å²) >= 11 is 1.82. The molecule has 2 heterocycles. The average molecular weight is 388 g/mol. The van der Waals surface area contributed by atoms with Gasteiger partial charge in [-0.15, -0.1) is 11.8 Å². The van der Waals surface area contributed by atoms with Gasteiger partial charge in [0.25, 0.3) is 0 Å². The molecule has 0 saturated carbocycles. The van der Waals surface area contributed by atoms with E-state index in [1.165, 1.54) is 11.1 Å². The lowest BCUT2D eigenvalue weighted by Gasteiger charge is -2.28. The summed E-state index contributed by atoms with van der Waals surface area (Å²) in [5, 5.41) is 0. The normalized spacial score (nSPS) is 19.3. The highest BCUT2D eigenvalue weighted by Crippen LogP contribution is 2.40. The van der Waals surface area contributed by atoms with Gasteiger partial charge in [-0.3, -0.25) is 5.43 Å². The van der Waals surface area contributed by atoms with E-state index in [9.17, 15) is 0 Å². The van der Waals surface area contributed by atoms with E-state index in [4.69, 9.17) is 9.40 Å². The SMILES string of the molecule is c1ccc(-c2ccc3oc(CSC4(c5ccccc5)CCNN4)nc3c2)cc1. The van der Waals surface area contributed by atoms with Crippen molar-refractivity contribution in [2.45, 2.75) is 17.0 Å². The molecule has 140 valence electrons. The van der Waals surface area contributed by atoms with Gasteiger partial charge in [0, 0.05) is 6.54 Å². The number of hydrazine groups is 1. The molecule has 5 heteroatoms. The quantitative estimate of drug-likeness (QED) is 0.500. The molecule has 0 radical (unpaired) electrons. The van der Waals surface area contributed by atoms with Crippen LogP contribution in [-0.4, -0.2) is 11.5 Å². The maximum Gasteiger partial charge on any atom is 0.205 e. The van der Waals surface area contributed by atoms with Gasteiger partial charge in [0.15, 0.2) is 5.58 Å². The lowest BCUT2D eigenvalue weighted by molar-refractivity contribution is 0.524. The number of hydrogen-bond acceptors (Lipinski definition) is 5. The molecule has 0 spiro atoms. The lowest BCUT2D eigenvalue weighted by Crippen LogP contribution is -2.38. The second kappa shape index (κ2) is 7.43. The first-order chi connectivity index (χ1) is 13.8. The van der Waals surface area contributed by atoms with Gasteiger partial charge < -0.3 is 4.42 Å². The second-order valence-electron chi connectivity index (χ2n) is 6.94. The Morgan fingerprint density at radius 3 is 2.46 bits per heavy atom. The van der Waals surface area contributed by atoms with E-state index in [2.05, 4.69) is 77.6 Å². The Balaban J connectivity index is 1.39. The predicted octanol–water partition coefficient (Wildman–Crippen LogP) is 5.08. The Labute approximate surface area is 168 Å². The molecular formula is C23H21N3OS. The van der Waals surface area contributed by atoms with Crippen molar-refractivity contribution in [3.8, 4) is 11.1 Å². The maximum absolute atomic E-state index is 6.02. The molecule has 1 fully saturated rings. The zero-order valence-corrected chi connectivity index (χ0v) is 16.2. The summed E-state index contributed by atoms with van der Waals surface area (Å²) in [6.07, 6.45) is 1.01. The minimum atomic E-state index is -0.156. The van der Waals surface area contributed by atoms with Crippen LogP contribution in [0.2, 0.25) is 0 Å². The van der Waals surface area contributed by atoms with Crippen molar-refractivity contribution in [2.24, 2.45) is 0 Å². The number of benzene rings is 3. The van der Waals surface area contributed by atoms with E-state index in [-0.39, 0.29) is 4.87 Å². The standard InChI is InChI=1S/C23H21N3OS/c1-3-7-17(8-4-1)18-11-12-21-20(15-18)25-22(27-21)16-28-23(13-14-24-26-23)19-9-5-2-6-10-19/h1-12,15,24,26H,13-14,16H2. The van der Waals surface area contributed by atoms with Gasteiger partial charge in [-0.1, -0.05) is 66.7 Å². The predicted molar refractivity (Wildman–Crippen MR) is 115 cm³/mol. The Morgan fingerprint density at radius 2 is 1.71 bits per heavy atom. The van der Waals surface area contributed by atoms with Crippen molar-refractivity contribution in [3.05, 3.63) is 90.3 Å². The van der Waals surface area contributed by atoms with E-state index in [1.54, 1.807) is 0 Å². The zero-order valence-electron chi connectivity index (χ0n) is 15.4. The van der Waals surface area contributed by atoms with Crippen molar-refractivity contribution in [2.75, 3.05) is 6.54 Å². The lowest BCUT2D eigenvalue weighted by atomic mass is 10.1. The number of nitrogens with zero attached hydrogens (tertiary/aromatic N) is 1. The molecule has 28 heavy (non-hydrogen) atoms. The molecule has 2 N–H and O–H groups in total. The van der Waals surface area contributed by atoms with Crippen molar-refractivity contribution in [1.29, 1.82) is 0 Å². The molecule has 0 aliphatic carbocycles. The van der Waals surface area contributed by atoms with Crippen molar-refractivity contribution >= 4 is 22.9 Å². The summed E-state index contributed by atoms with van der Waals surface area (Å²) in [5.74, 6) is 1.47. The first kappa shape index (κ1) is 17.5. The molecule has 4 aromatic rings. The number of thioether (sulfide) groups is 1. The van der Waals surface area contributed by atoms with Crippen LogP contribution < -0.4 is 10.9 Å². The van der Waals surface area contributed by atoms with Gasteiger partial charge in [-0.25, -0.2) is 10.4 Å². The molecule has 0 bridgehead atoms. The topological polar surface area (TPSA) is 50.1 Å². The summed E-state index contributed by atoms with van der Waals surface area (Å²) in [6, 6.07) is 27.1. The van der Waals surface area contributed by atoms with Crippen molar-refractivity contribution in [3.63, 3.8) is 0 Å². The summed E-state index contributed by atoms with van der Waals surface area (Å²) in [4.78, 5) is 4.59. The summed E-state index contributed by atoms with van der Waals surface area (Å²) in [5.41, 5.74) is 12.1. The molecule has 0 amide bonds. The van der Waals surface area contributed by atoms with Crippen LogP contribution in [0.4, 0.5) is 0 Å². The van der Waals surface area contributed by atoms with Gasteiger partial charge >= 0.3 is 0 Å². The molecule has 1 aliphatic rings. The highest BCUT2D eigenvalue weighted by molar-refractivity contribution is 7.99. The third-order valence-electron chi connectivity index (χ3n) is 5.11. The highest BCUT2D eigenvalue weighted by atomic mass is 32.2. The average Bonchev–Trinajstić information content (AvgIpc) is 3.40. The third-order valence-corrected chi connectivity index (χ3v) is 6.54. The molecule has 1 aliphatic heterocycles. The van der Waals surface area contributed by atoms with E-state index < -0.39 is 0 Å². The van der Waals surface area contributed by atoms with Gasteiger partial charge in [0.05, 0.1) is 5.75 Å². The summed E-state index contributed by atoms with van der Waals surface area (Å²) < 4.78 is 6.02. The van der Waals surface area contributed by atoms with E-state index in [0.717, 1.165) is 35.5 Å². The number of aromatic nitrogens is 1. The molecule has 1 atom stereocenters. The van der Waals surface area contributed by atoms with E-state index in [0.29, 0.717) is 5.75 Å². The van der Waals surface area contributed by atoms with Gasteiger partial charge in [0.2, 0.25) is 5.89 Å². The minimum Gasteiger partial charge on any atom is -0.440 e. The first-order valence-electron chi connectivity index (χ1n) is 9.47. The molecular weight excluding hydrogens is 366 g/mol. The van der Waals surface area contributed by atoms with Crippen LogP contribution in [0.3, 0.4) is 0 Å². The fourth-order valence-electron chi connectivity index (χ4n) is 3.65. The Morgan fingerprint density at radius 1 is 0.929 bits per heavy atom. The second-order valence-corrected chi connectivity index (χ2v) is 8.21. The zero-order chi connectivity index (χ0) is 18.8. The number of rotatable bonds is 5. The smallest absolute Gasteiger partial charge is 0.205 e. The number of fused-ring (bicyclic) bond motifs is 1. The van der Waals surface area contributed by atoms with Crippen LogP contribution in [0, 0.1) is 0 Å². The van der Waals surface area contributed by atoms with Crippen LogP contribution in [0.15, 0.2) is 83.3 Å². The molecule has 3 aromatic carbocycles. The Hall–Kier alpha value is -2.60. The van der Waals surface area contributed by atoms with Gasteiger partial charge in [-0.2, -0.15) is 0 Å². The third kappa shape index (κ3) is 3.33. The van der Waals surface area contributed by atoms with Crippen molar-refractivity contribution in [1.82, 2.24) is 15.8 Å². The van der Waals surface area contributed by atoms with Crippen LogP contribution in [0.25, 0.3) is 22.2 Å².